The van der Waals surface area contributed by atoms with Gasteiger partial charge in [0.25, 0.3) is 5.56 Å². The van der Waals surface area contributed by atoms with Gasteiger partial charge >= 0.3 is 0 Å². The standard InChI is InChI=1S/C33H24N6O2/c1-23-6-4-7-27(18-23)38-21-26(36-37-38)22-41-29-9-5-8-28(19-29)39-32(17-16-24-12-14-25(20-34)15-13-24)35-31-11-3-2-10-30(31)33(39)40/h2-19,21H,22H2,1H3/b17-16+. The van der Waals surface area contributed by atoms with Crippen molar-refractivity contribution in [3.05, 3.63) is 142 Å². The van der Waals surface area contributed by atoms with Crippen LogP contribution in [-0.2, 0) is 6.61 Å². The molecule has 0 saturated carbocycles. The van der Waals surface area contributed by atoms with E-state index in [0.717, 1.165) is 16.8 Å². The molecule has 0 aliphatic heterocycles. The van der Waals surface area contributed by atoms with Crippen LogP contribution in [0, 0.1) is 18.3 Å². The maximum absolute atomic E-state index is 13.7. The monoisotopic (exact) mass is 536 g/mol. The molecule has 4 aromatic carbocycles. The summed E-state index contributed by atoms with van der Waals surface area (Å²) in [6, 6.07) is 31.9. The van der Waals surface area contributed by atoms with Crippen molar-refractivity contribution in [1.82, 2.24) is 24.5 Å². The molecule has 41 heavy (non-hydrogen) atoms. The lowest BCUT2D eigenvalue weighted by Gasteiger charge is -2.13. The predicted octanol–water partition coefficient (Wildman–Crippen LogP) is 5.90. The van der Waals surface area contributed by atoms with Crippen LogP contribution in [0.15, 0.2) is 108 Å². The Kier molecular flexibility index (Phi) is 6.91. The Morgan fingerprint density at radius 3 is 2.54 bits per heavy atom. The summed E-state index contributed by atoms with van der Waals surface area (Å²) in [7, 11) is 0. The van der Waals surface area contributed by atoms with Gasteiger partial charge in [0.05, 0.1) is 40.1 Å². The number of para-hydroxylation sites is 1. The second-order valence-corrected chi connectivity index (χ2v) is 9.47. The molecule has 0 atom stereocenters. The number of fused-ring (bicyclic) bond motifs is 1. The predicted molar refractivity (Wildman–Crippen MR) is 158 cm³/mol. The van der Waals surface area contributed by atoms with E-state index < -0.39 is 0 Å². The second-order valence-electron chi connectivity index (χ2n) is 9.47. The molecule has 198 valence electrons. The summed E-state index contributed by atoms with van der Waals surface area (Å²) in [5, 5.41) is 18.1. The Morgan fingerprint density at radius 1 is 0.902 bits per heavy atom. The van der Waals surface area contributed by atoms with E-state index >= 15 is 0 Å². The van der Waals surface area contributed by atoms with Crippen molar-refractivity contribution in [2.75, 3.05) is 0 Å². The Balaban J connectivity index is 1.31. The molecule has 0 fully saturated rings. The molecule has 0 saturated heterocycles. The van der Waals surface area contributed by atoms with Crippen LogP contribution in [0.3, 0.4) is 0 Å². The van der Waals surface area contributed by atoms with E-state index in [-0.39, 0.29) is 12.2 Å². The molecule has 0 radical (unpaired) electrons. The number of rotatable bonds is 7. The third-order valence-corrected chi connectivity index (χ3v) is 6.54. The molecule has 0 spiro atoms. The van der Waals surface area contributed by atoms with Gasteiger partial charge < -0.3 is 4.74 Å². The fraction of sp³-hybridized carbons (Fsp3) is 0.0606. The van der Waals surface area contributed by atoms with Crippen molar-refractivity contribution < 1.29 is 4.74 Å². The van der Waals surface area contributed by atoms with Gasteiger partial charge in [0.2, 0.25) is 0 Å². The first-order valence-electron chi connectivity index (χ1n) is 13.0. The van der Waals surface area contributed by atoms with Gasteiger partial charge in [-0.2, -0.15) is 5.26 Å². The van der Waals surface area contributed by atoms with Crippen molar-refractivity contribution >= 4 is 23.1 Å². The summed E-state index contributed by atoms with van der Waals surface area (Å²) in [6.45, 7) is 2.24. The molecule has 0 aliphatic carbocycles. The lowest BCUT2D eigenvalue weighted by Crippen LogP contribution is -2.22. The van der Waals surface area contributed by atoms with Crippen LogP contribution in [0.4, 0.5) is 0 Å². The van der Waals surface area contributed by atoms with Gasteiger partial charge in [0, 0.05) is 6.07 Å². The number of aromatic nitrogens is 5. The maximum Gasteiger partial charge on any atom is 0.266 e. The second kappa shape index (κ2) is 11.1. The summed E-state index contributed by atoms with van der Waals surface area (Å²) >= 11 is 0. The van der Waals surface area contributed by atoms with Crippen molar-refractivity contribution in [1.29, 1.82) is 5.26 Å². The third kappa shape index (κ3) is 5.51. The van der Waals surface area contributed by atoms with E-state index in [1.54, 1.807) is 33.5 Å². The largest absolute Gasteiger partial charge is 0.487 e. The topological polar surface area (TPSA) is 98.6 Å². The molecule has 0 aliphatic rings. The van der Waals surface area contributed by atoms with Crippen LogP contribution in [0.5, 0.6) is 5.75 Å². The number of nitrogens with zero attached hydrogens (tertiary/aromatic N) is 6. The lowest BCUT2D eigenvalue weighted by molar-refractivity contribution is 0.301. The highest BCUT2D eigenvalue weighted by molar-refractivity contribution is 5.80. The zero-order chi connectivity index (χ0) is 28.2. The molecule has 0 bridgehead atoms. The minimum atomic E-state index is -0.187. The summed E-state index contributed by atoms with van der Waals surface area (Å²) < 4.78 is 9.34. The van der Waals surface area contributed by atoms with E-state index in [1.165, 1.54) is 0 Å². The van der Waals surface area contributed by atoms with E-state index in [4.69, 9.17) is 15.0 Å². The van der Waals surface area contributed by atoms with Gasteiger partial charge in [-0.1, -0.05) is 53.8 Å². The summed E-state index contributed by atoms with van der Waals surface area (Å²) in [5.41, 5.74) is 5.24. The van der Waals surface area contributed by atoms with Gasteiger partial charge in [-0.05, 0) is 72.7 Å². The molecule has 0 amide bonds. The highest BCUT2D eigenvalue weighted by Gasteiger charge is 2.12. The number of aryl methyl sites for hydroxylation is 1. The first-order chi connectivity index (χ1) is 20.1. The Hall–Kier alpha value is -5.81. The first-order valence-corrected chi connectivity index (χ1v) is 13.0. The Morgan fingerprint density at radius 2 is 1.71 bits per heavy atom. The maximum atomic E-state index is 13.7. The Labute approximate surface area is 236 Å². The molecule has 8 heteroatoms. The van der Waals surface area contributed by atoms with E-state index in [0.29, 0.717) is 39.4 Å². The van der Waals surface area contributed by atoms with E-state index in [9.17, 15) is 4.79 Å². The molecule has 0 unspecified atom stereocenters. The number of hydrogen-bond donors (Lipinski definition) is 0. The quantitative estimate of drug-likeness (QED) is 0.252. The van der Waals surface area contributed by atoms with Gasteiger partial charge in [0.1, 0.15) is 23.9 Å². The molecule has 2 heterocycles. The molecule has 8 nitrogen and oxygen atoms in total. The minimum absolute atomic E-state index is 0.187. The average molecular weight is 537 g/mol. The van der Waals surface area contributed by atoms with E-state index in [1.807, 2.05) is 98.1 Å². The van der Waals surface area contributed by atoms with Crippen LogP contribution in [-0.4, -0.2) is 24.5 Å². The van der Waals surface area contributed by atoms with Gasteiger partial charge in [-0.15, -0.1) is 5.10 Å². The summed E-state index contributed by atoms with van der Waals surface area (Å²) in [4.78, 5) is 18.5. The smallest absolute Gasteiger partial charge is 0.266 e. The molecule has 2 aromatic heterocycles. The van der Waals surface area contributed by atoms with Crippen molar-refractivity contribution in [2.24, 2.45) is 0 Å². The number of hydrogen-bond acceptors (Lipinski definition) is 6. The Bertz CT molecular complexity index is 2000. The number of nitriles is 1. The zero-order valence-corrected chi connectivity index (χ0v) is 22.2. The SMILES string of the molecule is Cc1cccc(-n2cc(COc3cccc(-n4c(/C=C/c5ccc(C#N)cc5)nc5ccccc5c4=O)c3)nn2)c1. The van der Waals surface area contributed by atoms with E-state index in [2.05, 4.69) is 16.4 Å². The van der Waals surface area contributed by atoms with Crippen molar-refractivity contribution in [2.45, 2.75) is 13.5 Å². The highest BCUT2D eigenvalue weighted by Crippen LogP contribution is 2.21. The van der Waals surface area contributed by atoms with Crippen molar-refractivity contribution in [3.8, 4) is 23.2 Å². The third-order valence-electron chi connectivity index (χ3n) is 6.54. The highest BCUT2D eigenvalue weighted by atomic mass is 16.5. The molecule has 6 aromatic rings. The zero-order valence-electron chi connectivity index (χ0n) is 22.2. The molecular formula is C33H24N6O2. The van der Waals surface area contributed by atoms with Crippen LogP contribution < -0.4 is 10.3 Å². The van der Waals surface area contributed by atoms with Crippen molar-refractivity contribution in [3.63, 3.8) is 0 Å². The van der Waals surface area contributed by atoms with Gasteiger partial charge in [-0.3, -0.25) is 9.36 Å². The van der Waals surface area contributed by atoms with Crippen LogP contribution in [0.25, 0.3) is 34.4 Å². The van der Waals surface area contributed by atoms with Crippen LogP contribution in [0.1, 0.15) is 28.2 Å². The fourth-order valence-corrected chi connectivity index (χ4v) is 4.48. The van der Waals surface area contributed by atoms with Gasteiger partial charge in [-0.25, -0.2) is 9.67 Å². The average Bonchev–Trinajstić information content (AvgIpc) is 3.49. The lowest BCUT2D eigenvalue weighted by atomic mass is 10.1. The van der Waals surface area contributed by atoms with Crippen LogP contribution in [0.2, 0.25) is 0 Å². The summed E-state index contributed by atoms with van der Waals surface area (Å²) in [6.07, 6.45) is 5.50. The van der Waals surface area contributed by atoms with Crippen LogP contribution >= 0.6 is 0 Å². The summed E-state index contributed by atoms with van der Waals surface area (Å²) in [5.74, 6) is 1.05. The number of benzene rings is 4. The van der Waals surface area contributed by atoms with Gasteiger partial charge in [0.15, 0.2) is 0 Å². The minimum Gasteiger partial charge on any atom is -0.487 e. The molecule has 6 rings (SSSR count). The molecular weight excluding hydrogens is 512 g/mol. The first kappa shape index (κ1) is 25.5. The fourth-order valence-electron chi connectivity index (χ4n) is 4.48. The molecule has 0 N–H and O–H groups in total. The normalized spacial score (nSPS) is 11.1. The number of ether oxygens (including phenoxy) is 1.